The van der Waals surface area contributed by atoms with Gasteiger partial charge in [0.15, 0.2) is 0 Å². The maximum Gasteiger partial charge on any atom is 0.228 e. The Morgan fingerprint density at radius 3 is 2.28 bits per heavy atom. The van der Waals surface area contributed by atoms with Crippen LogP contribution >= 0.6 is 0 Å². The molecule has 0 aromatic carbocycles. The zero-order valence-corrected chi connectivity index (χ0v) is 12.2. The highest BCUT2D eigenvalue weighted by molar-refractivity contribution is 5.82. The molecule has 2 rings (SSSR count). The number of likely N-dealkylation sites (tertiary alicyclic amines) is 1. The van der Waals surface area contributed by atoms with Gasteiger partial charge in [0, 0.05) is 18.5 Å². The Balaban J connectivity index is 2.02. The fourth-order valence-electron chi connectivity index (χ4n) is 3.51. The zero-order chi connectivity index (χ0) is 13.2. The van der Waals surface area contributed by atoms with Gasteiger partial charge in [-0.2, -0.15) is 0 Å². The van der Waals surface area contributed by atoms with Crippen LogP contribution in [0.4, 0.5) is 0 Å². The number of piperidine rings is 1. The minimum atomic E-state index is -0.108. The van der Waals surface area contributed by atoms with E-state index in [0.29, 0.717) is 11.3 Å². The lowest BCUT2D eigenvalue weighted by atomic mass is 9.79. The van der Waals surface area contributed by atoms with Crippen LogP contribution in [0.3, 0.4) is 0 Å². The summed E-state index contributed by atoms with van der Waals surface area (Å²) in [6.45, 7) is 10.6. The molecule has 0 radical (unpaired) electrons. The first kappa shape index (κ1) is 13.9. The lowest BCUT2D eigenvalue weighted by Gasteiger charge is -2.36. The van der Waals surface area contributed by atoms with Gasteiger partial charge in [-0.05, 0) is 50.6 Å². The Labute approximate surface area is 111 Å². The van der Waals surface area contributed by atoms with Gasteiger partial charge < -0.3 is 10.2 Å². The molecule has 0 bridgehead atoms. The molecule has 0 spiro atoms. The minimum absolute atomic E-state index is 0.108. The van der Waals surface area contributed by atoms with Crippen molar-refractivity contribution in [1.29, 1.82) is 0 Å². The first-order valence-corrected chi connectivity index (χ1v) is 7.55. The number of carbonyl (C=O) groups excluding carboxylic acids is 1. The molecule has 2 heterocycles. The zero-order valence-electron chi connectivity index (χ0n) is 12.2. The summed E-state index contributed by atoms with van der Waals surface area (Å²) >= 11 is 0. The standard InChI is InChI=1S/C15H28N2O/c1-4-15(5-2)8-11-17(12-15)13(18)14(3)6-9-16-10-7-14/h16H,4-12H2,1-3H3. The van der Waals surface area contributed by atoms with E-state index in [4.69, 9.17) is 0 Å². The summed E-state index contributed by atoms with van der Waals surface area (Å²) in [7, 11) is 0. The fraction of sp³-hybridized carbons (Fsp3) is 0.933. The first-order chi connectivity index (χ1) is 8.55. The SMILES string of the molecule is CCC1(CC)CCN(C(=O)C2(C)CCNCC2)C1. The number of amides is 1. The molecule has 0 aromatic rings. The minimum Gasteiger partial charge on any atom is -0.342 e. The van der Waals surface area contributed by atoms with Crippen molar-refractivity contribution < 1.29 is 4.79 Å². The van der Waals surface area contributed by atoms with E-state index in [1.54, 1.807) is 0 Å². The fourth-order valence-corrected chi connectivity index (χ4v) is 3.51. The normalized spacial score (nSPS) is 26.3. The lowest BCUT2D eigenvalue weighted by molar-refractivity contribution is -0.142. The predicted octanol–water partition coefficient (Wildman–Crippen LogP) is 2.41. The molecule has 3 heteroatoms. The van der Waals surface area contributed by atoms with Gasteiger partial charge in [0.25, 0.3) is 0 Å². The molecule has 1 amide bonds. The molecule has 0 aliphatic carbocycles. The summed E-state index contributed by atoms with van der Waals surface area (Å²) in [6.07, 6.45) is 5.58. The van der Waals surface area contributed by atoms with Crippen molar-refractivity contribution >= 4 is 5.91 Å². The largest absolute Gasteiger partial charge is 0.342 e. The Morgan fingerprint density at radius 1 is 1.17 bits per heavy atom. The van der Waals surface area contributed by atoms with E-state index in [9.17, 15) is 4.79 Å². The Morgan fingerprint density at radius 2 is 1.78 bits per heavy atom. The van der Waals surface area contributed by atoms with Gasteiger partial charge in [-0.3, -0.25) is 4.79 Å². The highest BCUT2D eigenvalue weighted by Crippen LogP contribution is 2.40. The third-order valence-electron chi connectivity index (χ3n) is 5.45. The average Bonchev–Trinajstić information content (AvgIpc) is 2.84. The van der Waals surface area contributed by atoms with Crippen molar-refractivity contribution in [3.05, 3.63) is 0 Å². The predicted molar refractivity (Wildman–Crippen MR) is 74.4 cm³/mol. The Hall–Kier alpha value is -0.570. The molecule has 0 unspecified atom stereocenters. The van der Waals surface area contributed by atoms with Crippen LogP contribution in [0.5, 0.6) is 0 Å². The van der Waals surface area contributed by atoms with Crippen molar-refractivity contribution in [2.45, 2.75) is 52.9 Å². The van der Waals surface area contributed by atoms with Crippen LogP contribution in [0, 0.1) is 10.8 Å². The Kier molecular flexibility index (Phi) is 4.00. The number of nitrogens with zero attached hydrogens (tertiary/aromatic N) is 1. The van der Waals surface area contributed by atoms with Gasteiger partial charge in [0.05, 0.1) is 0 Å². The van der Waals surface area contributed by atoms with Crippen LogP contribution in [0.2, 0.25) is 0 Å². The van der Waals surface area contributed by atoms with Gasteiger partial charge in [-0.25, -0.2) is 0 Å². The van der Waals surface area contributed by atoms with Crippen LogP contribution in [0.1, 0.15) is 52.9 Å². The topological polar surface area (TPSA) is 32.3 Å². The van der Waals surface area contributed by atoms with E-state index in [1.807, 2.05) is 0 Å². The Bertz CT molecular complexity index is 304. The molecule has 2 aliphatic rings. The molecule has 3 nitrogen and oxygen atoms in total. The van der Waals surface area contributed by atoms with Gasteiger partial charge >= 0.3 is 0 Å². The third-order valence-corrected chi connectivity index (χ3v) is 5.45. The number of carbonyl (C=O) groups is 1. The monoisotopic (exact) mass is 252 g/mol. The summed E-state index contributed by atoms with van der Waals surface area (Å²) < 4.78 is 0. The molecule has 2 saturated heterocycles. The van der Waals surface area contributed by atoms with E-state index in [0.717, 1.165) is 39.0 Å². The average molecular weight is 252 g/mol. The summed E-state index contributed by atoms with van der Waals surface area (Å²) in [5.41, 5.74) is 0.293. The van der Waals surface area contributed by atoms with Crippen LogP contribution in [-0.4, -0.2) is 37.0 Å². The number of hydrogen-bond acceptors (Lipinski definition) is 2. The van der Waals surface area contributed by atoms with E-state index in [-0.39, 0.29) is 5.41 Å². The van der Waals surface area contributed by atoms with Crippen molar-refractivity contribution in [1.82, 2.24) is 10.2 Å². The van der Waals surface area contributed by atoms with E-state index in [1.165, 1.54) is 19.3 Å². The second-order valence-corrected chi connectivity index (χ2v) is 6.49. The quantitative estimate of drug-likeness (QED) is 0.836. The van der Waals surface area contributed by atoms with Crippen LogP contribution in [0.15, 0.2) is 0 Å². The van der Waals surface area contributed by atoms with E-state index < -0.39 is 0 Å². The van der Waals surface area contributed by atoms with Crippen molar-refractivity contribution in [3.8, 4) is 0 Å². The van der Waals surface area contributed by atoms with E-state index in [2.05, 4.69) is 31.0 Å². The van der Waals surface area contributed by atoms with Crippen LogP contribution in [-0.2, 0) is 4.79 Å². The third kappa shape index (κ3) is 2.42. The molecular formula is C15H28N2O. The smallest absolute Gasteiger partial charge is 0.228 e. The van der Waals surface area contributed by atoms with Crippen molar-refractivity contribution in [2.24, 2.45) is 10.8 Å². The summed E-state index contributed by atoms with van der Waals surface area (Å²) in [5.74, 6) is 0.410. The molecule has 104 valence electrons. The number of rotatable bonds is 3. The van der Waals surface area contributed by atoms with Crippen LogP contribution < -0.4 is 5.32 Å². The summed E-state index contributed by atoms with van der Waals surface area (Å²) in [6, 6.07) is 0. The number of nitrogens with one attached hydrogen (secondary N) is 1. The highest BCUT2D eigenvalue weighted by atomic mass is 16.2. The second kappa shape index (κ2) is 5.20. The molecule has 2 fully saturated rings. The van der Waals surface area contributed by atoms with Gasteiger partial charge in [-0.15, -0.1) is 0 Å². The van der Waals surface area contributed by atoms with Gasteiger partial charge in [-0.1, -0.05) is 20.8 Å². The maximum absolute atomic E-state index is 12.7. The molecule has 0 saturated carbocycles. The summed E-state index contributed by atoms with van der Waals surface area (Å²) in [5, 5.41) is 3.35. The molecule has 2 aliphatic heterocycles. The summed E-state index contributed by atoms with van der Waals surface area (Å²) in [4.78, 5) is 14.9. The molecule has 0 atom stereocenters. The highest BCUT2D eigenvalue weighted by Gasteiger charge is 2.43. The first-order valence-electron chi connectivity index (χ1n) is 7.55. The van der Waals surface area contributed by atoms with Gasteiger partial charge in [0.1, 0.15) is 0 Å². The number of hydrogen-bond donors (Lipinski definition) is 1. The van der Waals surface area contributed by atoms with Crippen molar-refractivity contribution in [3.63, 3.8) is 0 Å². The maximum atomic E-state index is 12.7. The lowest BCUT2D eigenvalue weighted by Crippen LogP contribution is -2.47. The van der Waals surface area contributed by atoms with Gasteiger partial charge in [0.2, 0.25) is 5.91 Å². The molecule has 0 aromatic heterocycles. The second-order valence-electron chi connectivity index (χ2n) is 6.49. The molecule has 18 heavy (non-hydrogen) atoms. The van der Waals surface area contributed by atoms with Crippen LogP contribution in [0.25, 0.3) is 0 Å². The molecular weight excluding hydrogens is 224 g/mol. The van der Waals surface area contributed by atoms with Crippen molar-refractivity contribution in [2.75, 3.05) is 26.2 Å². The molecule has 1 N–H and O–H groups in total. The van der Waals surface area contributed by atoms with E-state index >= 15 is 0 Å².